The average molecular weight is 254 g/mol. The molecule has 17 heavy (non-hydrogen) atoms. The third-order valence-corrected chi connectivity index (χ3v) is 3.38. The first kappa shape index (κ1) is 12.2. The number of amidine groups is 1. The normalized spacial score (nSPS) is 17.2. The number of piperidine rings is 1. The summed E-state index contributed by atoms with van der Waals surface area (Å²) in [6, 6.07) is 5.51. The van der Waals surface area contributed by atoms with Gasteiger partial charge in [-0.05, 0) is 25.0 Å². The summed E-state index contributed by atoms with van der Waals surface area (Å²) in [4.78, 5) is 2.12. The van der Waals surface area contributed by atoms with Crippen molar-refractivity contribution in [2.24, 2.45) is 5.73 Å². The van der Waals surface area contributed by atoms with Crippen LogP contribution in [0.4, 0.5) is 5.69 Å². The molecule has 0 spiro atoms. The van der Waals surface area contributed by atoms with Crippen molar-refractivity contribution in [3.05, 3.63) is 28.8 Å². The first-order valence-electron chi connectivity index (χ1n) is 5.65. The van der Waals surface area contributed by atoms with Gasteiger partial charge in [-0.3, -0.25) is 5.41 Å². The highest BCUT2D eigenvalue weighted by atomic mass is 35.5. The molecule has 1 aliphatic heterocycles. The van der Waals surface area contributed by atoms with Crippen molar-refractivity contribution in [3.63, 3.8) is 0 Å². The van der Waals surface area contributed by atoms with Gasteiger partial charge in [0, 0.05) is 18.8 Å². The fourth-order valence-electron chi connectivity index (χ4n) is 2.15. The fraction of sp³-hybridized carbons (Fsp3) is 0.417. The number of halogens is 1. The zero-order valence-electron chi connectivity index (χ0n) is 9.49. The third kappa shape index (κ3) is 2.53. The van der Waals surface area contributed by atoms with Crippen LogP contribution in [0.1, 0.15) is 18.4 Å². The Labute approximate surface area is 105 Å². The maximum absolute atomic E-state index is 9.49. The Morgan fingerprint density at radius 3 is 2.65 bits per heavy atom. The van der Waals surface area contributed by atoms with Crippen molar-refractivity contribution in [1.82, 2.24) is 0 Å². The van der Waals surface area contributed by atoms with Crippen LogP contribution in [0.15, 0.2) is 18.2 Å². The van der Waals surface area contributed by atoms with Crippen LogP contribution in [0.5, 0.6) is 0 Å². The maximum atomic E-state index is 9.49. The minimum Gasteiger partial charge on any atom is -0.393 e. The van der Waals surface area contributed by atoms with Gasteiger partial charge in [0.25, 0.3) is 0 Å². The summed E-state index contributed by atoms with van der Waals surface area (Å²) in [7, 11) is 0. The lowest BCUT2D eigenvalue weighted by Gasteiger charge is -2.32. The van der Waals surface area contributed by atoms with Crippen molar-refractivity contribution in [2.45, 2.75) is 18.9 Å². The van der Waals surface area contributed by atoms with Crippen molar-refractivity contribution in [1.29, 1.82) is 5.41 Å². The maximum Gasteiger partial charge on any atom is 0.126 e. The molecule has 0 bridgehead atoms. The van der Waals surface area contributed by atoms with E-state index < -0.39 is 0 Å². The van der Waals surface area contributed by atoms with Crippen LogP contribution >= 0.6 is 11.6 Å². The van der Waals surface area contributed by atoms with Crippen molar-refractivity contribution in [2.75, 3.05) is 18.0 Å². The molecule has 0 unspecified atom stereocenters. The van der Waals surface area contributed by atoms with Gasteiger partial charge in [0.05, 0.1) is 16.7 Å². The van der Waals surface area contributed by atoms with Gasteiger partial charge >= 0.3 is 0 Å². The number of nitrogens with one attached hydrogen (secondary N) is 1. The second-order valence-electron chi connectivity index (χ2n) is 4.27. The van der Waals surface area contributed by atoms with Crippen LogP contribution in [0, 0.1) is 5.41 Å². The molecule has 1 aromatic carbocycles. The predicted molar refractivity (Wildman–Crippen MR) is 69.9 cm³/mol. The van der Waals surface area contributed by atoms with Crippen LogP contribution in [0.2, 0.25) is 5.02 Å². The van der Waals surface area contributed by atoms with Gasteiger partial charge in [0.1, 0.15) is 5.84 Å². The lowest BCUT2D eigenvalue weighted by molar-refractivity contribution is 0.145. The van der Waals surface area contributed by atoms with Gasteiger partial charge in [0.2, 0.25) is 0 Å². The molecule has 0 saturated carbocycles. The van der Waals surface area contributed by atoms with E-state index in [9.17, 15) is 5.11 Å². The molecule has 5 heteroatoms. The smallest absolute Gasteiger partial charge is 0.126 e. The van der Waals surface area contributed by atoms with Crippen LogP contribution in [0.25, 0.3) is 0 Å². The molecule has 4 N–H and O–H groups in total. The highest BCUT2D eigenvalue weighted by molar-refractivity contribution is 6.34. The van der Waals surface area contributed by atoms with Crippen LogP contribution in [-0.4, -0.2) is 30.1 Å². The number of hydrogen-bond donors (Lipinski definition) is 3. The monoisotopic (exact) mass is 253 g/mol. The summed E-state index contributed by atoms with van der Waals surface area (Å²) < 4.78 is 0. The van der Waals surface area contributed by atoms with E-state index in [0.29, 0.717) is 10.6 Å². The number of nitrogens with two attached hydrogens (primary N) is 1. The van der Waals surface area contributed by atoms with E-state index >= 15 is 0 Å². The quantitative estimate of drug-likeness (QED) is 0.554. The van der Waals surface area contributed by atoms with E-state index in [1.54, 1.807) is 6.07 Å². The summed E-state index contributed by atoms with van der Waals surface area (Å²) >= 11 is 6.08. The second kappa shape index (κ2) is 4.94. The molecule has 1 fully saturated rings. The summed E-state index contributed by atoms with van der Waals surface area (Å²) in [6.45, 7) is 1.53. The summed E-state index contributed by atoms with van der Waals surface area (Å²) in [5.74, 6) is -0.0169. The number of aliphatic hydroxyl groups is 1. The molecule has 92 valence electrons. The van der Waals surface area contributed by atoms with E-state index in [0.717, 1.165) is 31.6 Å². The second-order valence-corrected chi connectivity index (χ2v) is 4.67. The van der Waals surface area contributed by atoms with Crippen LogP contribution < -0.4 is 10.6 Å². The zero-order chi connectivity index (χ0) is 12.4. The van der Waals surface area contributed by atoms with Crippen LogP contribution in [0.3, 0.4) is 0 Å². The first-order valence-corrected chi connectivity index (χ1v) is 6.03. The van der Waals surface area contributed by atoms with Crippen molar-refractivity contribution >= 4 is 23.1 Å². The van der Waals surface area contributed by atoms with E-state index in [4.69, 9.17) is 22.7 Å². The SMILES string of the molecule is N=C(N)c1c(Cl)cccc1N1CCC(O)CC1. The molecule has 1 heterocycles. The largest absolute Gasteiger partial charge is 0.393 e. The summed E-state index contributed by atoms with van der Waals surface area (Å²) in [6.07, 6.45) is 1.26. The Morgan fingerprint density at radius 2 is 2.06 bits per heavy atom. The van der Waals surface area contributed by atoms with E-state index in [1.807, 2.05) is 12.1 Å². The lowest BCUT2D eigenvalue weighted by atomic mass is 10.0. The number of nitrogens with zero attached hydrogens (tertiary/aromatic N) is 1. The molecular weight excluding hydrogens is 238 g/mol. The molecule has 1 saturated heterocycles. The minimum absolute atomic E-state index is 0.0169. The number of anilines is 1. The van der Waals surface area contributed by atoms with Gasteiger partial charge < -0.3 is 15.7 Å². The van der Waals surface area contributed by atoms with Crippen LogP contribution in [-0.2, 0) is 0 Å². The highest BCUT2D eigenvalue weighted by Crippen LogP contribution is 2.29. The van der Waals surface area contributed by atoms with Gasteiger partial charge in [0.15, 0.2) is 0 Å². The van der Waals surface area contributed by atoms with Crippen molar-refractivity contribution in [3.8, 4) is 0 Å². The molecule has 1 aliphatic rings. The molecule has 0 amide bonds. The van der Waals surface area contributed by atoms with E-state index in [-0.39, 0.29) is 11.9 Å². The lowest BCUT2D eigenvalue weighted by Crippen LogP contribution is -2.37. The molecular formula is C12H16ClN3O. The fourth-order valence-corrected chi connectivity index (χ4v) is 2.42. The Bertz CT molecular complexity index is 428. The molecule has 0 atom stereocenters. The van der Waals surface area contributed by atoms with Gasteiger partial charge in [-0.15, -0.1) is 0 Å². The molecule has 4 nitrogen and oxygen atoms in total. The Kier molecular flexibility index (Phi) is 3.54. The molecule has 2 rings (SSSR count). The Hall–Kier alpha value is -1.26. The van der Waals surface area contributed by atoms with Gasteiger partial charge in [-0.1, -0.05) is 17.7 Å². The molecule has 0 radical (unpaired) electrons. The standard InChI is InChI=1S/C12H16ClN3O/c13-9-2-1-3-10(11(9)12(14)15)16-6-4-8(17)5-7-16/h1-3,8,17H,4-7H2,(H3,14,15). The van der Waals surface area contributed by atoms with E-state index in [1.165, 1.54) is 0 Å². The zero-order valence-corrected chi connectivity index (χ0v) is 10.2. The molecule has 0 aliphatic carbocycles. The first-order chi connectivity index (χ1) is 8.09. The Morgan fingerprint density at radius 1 is 1.41 bits per heavy atom. The topological polar surface area (TPSA) is 73.3 Å². The number of benzene rings is 1. The summed E-state index contributed by atoms with van der Waals surface area (Å²) in [5.41, 5.74) is 7.05. The third-order valence-electron chi connectivity index (χ3n) is 3.07. The average Bonchev–Trinajstić information content (AvgIpc) is 2.29. The predicted octanol–water partition coefficient (Wildman–Crippen LogP) is 1.59. The number of aliphatic hydroxyl groups excluding tert-OH is 1. The molecule has 1 aromatic rings. The minimum atomic E-state index is -0.216. The van der Waals surface area contributed by atoms with E-state index in [2.05, 4.69) is 4.90 Å². The number of rotatable bonds is 2. The molecule has 0 aromatic heterocycles. The number of nitrogen functional groups attached to an aromatic ring is 1. The summed E-state index contributed by atoms with van der Waals surface area (Å²) in [5, 5.41) is 17.6. The Balaban J connectivity index is 2.32. The highest BCUT2D eigenvalue weighted by Gasteiger charge is 2.21. The number of hydrogen-bond acceptors (Lipinski definition) is 3. The van der Waals surface area contributed by atoms with Gasteiger partial charge in [-0.25, -0.2) is 0 Å². The van der Waals surface area contributed by atoms with Gasteiger partial charge in [-0.2, -0.15) is 0 Å². The van der Waals surface area contributed by atoms with Crippen molar-refractivity contribution < 1.29 is 5.11 Å².